The molecule has 1 atom stereocenters. The number of halogens is 1. The van der Waals surface area contributed by atoms with Crippen molar-refractivity contribution in [1.82, 2.24) is 9.78 Å². The molecule has 2 heterocycles. The fraction of sp³-hybridized carbons (Fsp3) is 0.185. The molecule has 4 rings (SSSR count). The van der Waals surface area contributed by atoms with Gasteiger partial charge in [-0.05, 0) is 23.8 Å². The number of nitrogens with zero attached hydrogens (tertiary/aromatic N) is 4. The number of benzene rings is 2. The molecule has 0 fully saturated rings. The Morgan fingerprint density at radius 3 is 2.42 bits per heavy atom. The molecule has 1 aliphatic heterocycles. The van der Waals surface area contributed by atoms with Crippen LogP contribution in [-0.2, 0) is 32.7 Å². The number of carbonyl (C=O) groups is 2. The monoisotopic (exact) mass is 517 g/mol. The molecule has 0 radical (unpaired) electrons. The molecule has 3 aromatic rings. The summed E-state index contributed by atoms with van der Waals surface area (Å²) in [5.41, 5.74) is 6.99. The molecule has 1 unspecified atom stereocenters. The zero-order chi connectivity index (χ0) is 27.4. The summed E-state index contributed by atoms with van der Waals surface area (Å²) in [6, 6.07) is 16.0. The van der Waals surface area contributed by atoms with Crippen molar-refractivity contribution in [3.63, 3.8) is 0 Å². The summed E-state index contributed by atoms with van der Waals surface area (Å²) in [5, 5.41) is 14.4. The molecule has 38 heavy (non-hydrogen) atoms. The summed E-state index contributed by atoms with van der Waals surface area (Å²) in [4.78, 5) is 27.5. The molecule has 0 spiro atoms. The lowest BCUT2D eigenvalue weighted by molar-refractivity contribution is -0.139. The first-order chi connectivity index (χ1) is 18.3. The van der Waals surface area contributed by atoms with Crippen molar-refractivity contribution in [2.45, 2.75) is 12.5 Å². The van der Waals surface area contributed by atoms with Crippen molar-refractivity contribution >= 4 is 17.6 Å². The Bertz CT molecular complexity index is 1490. The Morgan fingerprint density at radius 2 is 1.82 bits per heavy atom. The van der Waals surface area contributed by atoms with Crippen LogP contribution in [0.4, 0.5) is 10.1 Å². The second-order valence-electron chi connectivity index (χ2n) is 8.22. The Balaban J connectivity index is 1.97. The quantitative estimate of drug-likeness (QED) is 0.470. The van der Waals surface area contributed by atoms with Crippen LogP contribution in [0.5, 0.6) is 5.75 Å². The number of nitrogens with two attached hydrogens (primary N) is 1. The summed E-state index contributed by atoms with van der Waals surface area (Å²) >= 11 is 0. The largest absolute Gasteiger partial charge is 0.485 e. The highest BCUT2D eigenvalue weighted by Crippen LogP contribution is 2.45. The van der Waals surface area contributed by atoms with Crippen LogP contribution in [0.15, 0.2) is 83.5 Å². The summed E-state index contributed by atoms with van der Waals surface area (Å²) in [5.74, 6) is -3.66. The van der Waals surface area contributed by atoms with E-state index in [-0.39, 0.29) is 40.7 Å². The average Bonchev–Trinajstić information content (AvgIpc) is 3.36. The predicted octanol–water partition coefficient (Wildman–Crippen LogP) is 3.04. The third kappa shape index (κ3) is 4.79. The van der Waals surface area contributed by atoms with Gasteiger partial charge >= 0.3 is 11.9 Å². The molecule has 1 aliphatic rings. The van der Waals surface area contributed by atoms with Crippen molar-refractivity contribution < 1.29 is 28.2 Å². The third-order valence-electron chi connectivity index (χ3n) is 5.92. The van der Waals surface area contributed by atoms with Crippen molar-refractivity contribution in [3.8, 4) is 11.8 Å². The molecule has 2 N–H and O–H groups in total. The zero-order valence-corrected chi connectivity index (χ0v) is 20.8. The Hall–Kier alpha value is -5.11. The van der Waals surface area contributed by atoms with E-state index < -0.39 is 23.7 Å². The molecular weight excluding hydrogens is 493 g/mol. The number of hydrogen-bond acceptors (Lipinski definition) is 9. The number of esters is 2. The van der Waals surface area contributed by atoms with Gasteiger partial charge in [0, 0.05) is 19.3 Å². The second kappa shape index (κ2) is 10.9. The topological polar surface area (TPSA) is 133 Å². The van der Waals surface area contributed by atoms with E-state index >= 15 is 0 Å². The number of methoxy groups -OCH3 is 2. The lowest BCUT2D eigenvalue weighted by Gasteiger charge is -2.36. The minimum absolute atomic E-state index is 0.00973. The summed E-state index contributed by atoms with van der Waals surface area (Å²) in [6.07, 6.45) is 1.74. The predicted molar refractivity (Wildman–Crippen MR) is 133 cm³/mol. The number of ether oxygens (including phenoxy) is 3. The van der Waals surface area contributed by atoms with Gasteiger partial charge in [0.1, 0.15) is 29.7 Å². The minimum Gasteiger partial charge on any atom is -0.485 e. The van der Waals surface area contributed by atoms with Crippen LogP contribution < -0.4 is 15.4 Å². The lowest BCUT2D eigenvalue weighted by Crippen LogP contribution is -2.41. The number of nitriles is 1. The van der Waals surface area contributed by atoms with Crippen LogP contribution in [0.2, 0.25) is 0 Å². The van der Waals surface area contributed by atoms with E-state index in [4.69, 9.17) is 19.9 Å². The Morgan fingerprint density at radius 1 is 1.11 bits per heavy atom. The first-order valence-electron chi connectivity index (χ1n) is 11.4. The van der Waals surface area contributed by atoms with Gasteiger partial charge in [-0.15, -0.1) is 0 Å². The minimum atomic E-state index is -1.05. The highest BCUT2D eigenvalue weighted by Gasteiger charge is 2.43. The van der Waals surface area contributed by atoms with Gasteiger partial charge in [0.2, 0.25) is 0 Å². The molecule has 11 heteroatoms. The van der Waals surface area contributed by atoms with E-state index in [0.29, 0.717) is 11.3 Å². The summed E-state index contributed by atoms with van der Waals surface area (Å²) in [6.45, 7) is 0.00973. The molecule has 0 saturated heterocycles. The van der Waals surface area contributed by atoms with Gasteiger partial charge in [-0.3, -0.25) is 9.58 Å². The molecule has 0 aliphatic carbocycles. The normalized spacial score (nSPS) is 15.2. The van der Waals surface area contributed by atoms with E-state index in [1.165, 1.54) is 12.1 Å². The van der Waals surface area contributed by atoms with Gasteiger partial charge in [-0.1, -0.05) is 30.3 Å². The number of anilines is 1. The van der Waals surface area contributed by atoms with E-state index in [9.17, 15) is 19.2 Å². The van der Waals surface area contributed by atoms with Gasteiger partial charge in [-0.25, -0.2) is 14.0 Å². The zero-order valence-electron chi connectivity index (χ0n) is 20.8. The molecule has 194 valence electrons. The number of aryl methyl sites for hydroxylation is 1. The van der Waals surface area contributed by atoms with Crippen LogP contribution in [0.1, 0.15) is 17.2 Å². The second-order valence-corrected chi connectivity index (χ2v) is 8.22. The van der Waals surface area contributed by atoms with Crippen molar-refractivity contribution in [2.75, 3.05) is 19.1 Å². The summed E-state index contributed by atoms with van der Waals surface area (Å²) in [7, 11) is 4.03. The first-order valence-corrected chi connectivity index (χ1v) is 11.4. The summed E-state index contributed by atoms with van der Waals surface area (Å²) < 4.78 is 32.2. The maximum Gasteiger partial charge on any atom is 0.355 e. The number of hydrogen-bond donors (Lipinski definition) is 1. The lowest BCUT2D eigenvalue weighted by atomic mass is 9.81. The van der Waals surface area contributed by atoms with E-state index in [1.54, 1.807) is 54.3 Å². The fourth-order valence-corrected chi connectivity index (χ4v) is 4.24. The maximum absolute atomic E-state index is 14.6. The molecule has 2 aromatic carbocycles. The molecule has 0 bridgehead atoms. The fourth-order valence-electron chi connectivity index (χ4n) is 4.24. The maximum atomic E-state index is 14.6. The highest BCUT2D eigenvalue weighted by molar-refractivity contribution is 6.06. The van der Waals surface area contributed by atoms with Crippen LogP contribution in [0.25, 0.3) is 0 Å². The van der Waals surface area contributed by atoms with Crippen LogP contribution in [0, 0.1) is 17.1 Å². The molecular formula is C27H24FN5O5. The van der Waals surface area contributed by atoms with Crippen LogP contribution in [0.3, 0.4) is 0 Å². The molecule has 0 saturated carbocycles. The first kappa shape index (κ1) is 26.0. The van der Waals surface area contributed by atoms with Crippen molar-refractivity contribution in [1.29, 1.82) is 5.26 Å². The van der Waals surface area contributed by atoms with Crippen molar-refractivity contribution in [3.05, 3.63) is 101 Å². The number of rotatable bonds is 7. The Labute approximate surface area is 217 Å². The van der Waals surface area contributed by atoms with Crippen molar-refractivity contribution in [2.24, 2.45) is 12.8 Å². The van der Waals surface area contributed by atoms with E-state index in [2.05, 4.69) is 11.2 Å². The van der Waals surface area contributed by atoms with Gasteiger partial charge in [0.15, 0.2) is 0 Å². The van der Waals surface area contributed by atoms with Gasteiger partial charge < -0.3 is 19.9 Å². The molecule has 10 nitrogen and oxygen atoms in total. The SMILES string of the molecule is COC(=O)C1=C(C(=O)OC)N(c2cc(F)ccc2OCc2ccn(C)n2)C(N)=C(C#N)C1c1ccccc1. The third-order valence-corrected chi connectivity index (χ3v) is 5.92. The highest BCUT2D eigenvalue weighted by atomic mass is 19.1. The van der Waals surface area contributed by atoms with E-state index in [1.807, 2.05) is 0 Å². The van der Waals surface area contributed by atoms with Gasteiger partial charge in [0.25, 0.3) is 0 Å². The number of carbonyl (C=O) groups excluding carboxylic acids is 2. The smallest absolute Gasteiger partial charge is 0.355 e. The van der Waals surface area contributed by atoms with E-state index in [0.717, 1.165) is 25.2 Å². The number of allylic oxidation sites excluding steroid dienone is 1. The van der Waals surface area contributed by atoms with Gasteiger partial charge in [-0.2, -0.15) is 10.4 Å². The average molecular weight is 518 g/mol. The molecule has 1 aromatic heterocycles. The number of aromatic nitrogens is 2. The Kier molecular flexibility index (Phi) is 7.43. The molecule has 0 amide bonds. The van der Waals surface area contributed by atoms with Gasteiger partial charge in [0.05, 0.1) is 48.7 Å². The standard InChI is InChI=1S/C27H24FN5O5/c1-32-12-11-18(31-32)15-38-21-10-9-17(28)13-20(21)33-24(27(35)37-3)23(26(34)36-2)22(19(14-29)25(33)30)16-7-5-4-6-8-16/h4-13,22H,15,30H2,1-3H3. The van der Waals surface area contributed by atoms with Crippen LogP contribution >= 0.6 is 0 Å². The van der Waals surface area contributed by atoms with Crippen LogP contribution in [-0.4, -0.2) is 35.9 Å².